The van der Waals surface area contributed by atoms with Crippen molar-refractivity contribution in [3.05, 3.63) is 110 Å². The standard InChI is InChI=1S/C28H26N4O2S/c1-19(2)23-10-3-6-13-26(23)30-28-31(15-14-21-17-29-25-12-5-4-11-24(21)25)27(18-35-28)20-8-7-9-22(16-20)32(33)34/h3-13,16-19,29H,14-15H2,1-2H3. The van der Waals surface area contributed by atoms with Crippen molar-refractivity contribution in [2.45, 2.75) is 32.7 Å². The Labute approximate surface area is 207 Å². The van der Waals surface area contributed by atoms with Gasteiger partial charge in [0.1, 0.15) is 0 Å². The maximum Gasteiger partial charge on any atom is 0.270 e. The van der Waals surface area contributed by atoms with Crippen molar-refractivity contribution in [2.24, 2.45) is 4.99 Å². The van der Waals surface area contributed by atoms with Crippen LogP contribution in [-0.2, 0) is 13.0 Å². The molecule has 1 N–H and O–H groups in total. The Balaban J connectivity index is 1.61. The molecule has 2 aromatic heterocycles. The highest BCUT2D eigenvalue weighted by atomic mass is 32.1. The molecular weight excluding hydrogens is 456 g/mol. The van der Waals surface area contributed by atoms with Gasteiger partial charge in [-0.3, -0.25) is 10.1 Å². The number of nitrogens with zero attached hydrogens (tertiary/aromatic N) is 3. The summed E-state index contributed by atoms with van der Waals surface area (Å²) in [6, 6.07) is 23.3. The van der Waals surface area contributed by atoms with E-state index < -0.39 is 0 Å². The minimum absolute atomic E-state index is 0.0838. The molecular formula is C28H26N4O2S. The monoisotopic (exact) mass is 482 g/mol. The van der Waals surface area contributed by atoms with Gasteiger partial charge in [0.05, 0.1) is 16.3 Å². The Morgan fingerprint density at radius 2 is 1.86 bits per heavy atom. The number of aromatic nitrogens is 2. The third kappa shape index (κ3) is 4.68. The van der Waals surface area contributed by atoms with E-state index in [1.807, 2.05) is 35.7 Å². The molecule has 0 aliphatic rings. The van der Waals surface area contributed by atoms with Crippen LogP contribution >= 0.6 is 11.3 Å². The summed E-state index contributed by atoms with van der Waals surface area (Å²) in [4.78, 5) is 20.3. The van der Waals surface area contributed by atoms with Crippen molar-refractivity contribution < 1.29 is 4.92 Å². The molecule has 0 radical (unpaired) electrons. The first-order valence-corrected chi connectivity index (χ1v) is 12.5. The topological polar surface area (TPSA) is 76.2 Å². The zero-order valence-corrected chi connectivity index (χ0v) is 20.5. The van der Waals surface area contributed by atoms with Crippen molar-refractivity contribution in [2.75, 3.05) is 0 Å². The fourth-order valence-corrected chi connectivity index (χ4v) is 5.34. The number of fused-ring (bicyclic) bond motifs is 1. The number of aromatic amines is 1. The number of rotatable bonds is 7. The number of thiazole rings is 1. The van der Waals surface area contributed by atoms with Crippen LogP contribution in [0.25, 0.3) is 22.2 Å². The van der Waals surface area contributed by atoms with E-state index in [-0.39, 0.29) is 10.6 Å². The minimum Gasteiger partial charge on any atom is -0.361 e. The number of para-hydroxylation sites is 2. The summed E-state index contributed by atoms with van der Waals surface area (Å²) in [5.41, 5.74) is 6.33. The molecule has 6 nitrogen and oxygen atoms in total. The van der Waals surface area contributed by atoms with Gasteiger partial charge in [-0.05, 0) is 35.6 Å². The molecule has 0 aliphatic heterocycles. The van der Waals surface area contributed by atoms with E-state index in [1.165, 1.54) is 22.6 Å². The molecule has 0 bridgehead atoms. The van der Waals surface area contributed by atoms with E-state index in [4.69, 9.17) is 4.99 Å². The average Bonchev–Trinajstić information content (AvgIpc) is 3.47. The van der Waals surface area contributed by atoms with Crippen molar-refractivity contribution in [3.63, 3.8) is 0 Å². The number of nitro groups is 1. The second-order valence-electron chi connectivity index (χ2n) is 8.80. The maximum absolute atomic E-state index is 11.4. The Kier molecular flexibility index (Phi) is 6.33. The van der Waals surface area contributed by atoms with Crippen LogP contribution in [0.15, 0.2) is 89.4 Å². The third-order valence-corrected chi connectivity index (χ3v) is 7.07. The smallest absolute Gasteiger partial charge is 0.270 e. The predicted octanol–water partition coefficient (Wildman–Crippen LogP) is 7.20. The predicted molar refractivity (Wildman–Crippen MR) is 142 cm³/mol. The fourth-order valence-electron chi connectivity index (χ4n) is 4.40. The van der Waals surface area contributed by atoms with Gasteiger partial charge in [-0.1, -0.05) is 62.4 Å². The van der Waals surface area contributed by atoms with Gasteiger partial charge in [0.2, 0.25) is 0 Å². The molecule has 0 amide bonds. The van der Waals surface area contributed by atoms with Gasteiger partial charge in [-0.25, -0.2) is 4.99 Å². The van der Waals surface area contributed by atoms with Crippen LogP contribution in [0.4, 0.5) is 11.4 Å². The molecule has 35 heavy (non-hydrogen) atoms. The number of nitro benzene ring substituents is 1. The molecule has 0 saturated carbocycles. The van der Waals surface area contributed by atoms with Crippen LogP contribution in [0.1, 0.15) is 30.9 Å². The largest absolute Gasteiger partial charge is 0.361 e. The second-order valence-corrected chi connectivity index (χ2v) is 9.63. The van der Waals surface area contributed by atoms with E-state index in [0.29, 0.717) is 12.5 Å². The molecule has 0 atom stereocenters. The van der Waals surface area contributed by atoms with Gasteiger partial charge in [0, 0.05) is 46.7 Å². The summed E-state index contributed by atoms with van der Waals surface area (Å²) in [5, 5.41) is 14.7. The summed E-state index contributed by atoms with van der Waals surface area (Å²) >= 11 is 1.56. The molecule has 0 fully saturated rings. The maximum atomic E-state index is 11.4. The second kappa shape index (κ2) is 9.72. The van der Waals surface area contributed by atoms with Gasteiger partial charge in [0.15, 0.2) is 4.80 Å². The molecule has 0 spiro atoms. The molecule has 7 heteroatoms. The van der Waals surface area contributed by atoms with E-state index >= 15 is 0 Å². The van der Waals surface area contributed by atoms with Crippen LogP contribution in [0.3, 0.4) is 0 Å². The highest BCUT2D eigenvalue weighted by Crippen LogP contribution is 2.28. The molecule has 0 unspecified atom stereocenters. The van der Waals surface area contributed by atoms with Crippen molar-refractivity contribution in [3.8, 4) is 11.3 Å². The van der Waals surface area contributed by atoms with Gasteiger partial charge in [-0.2, -0.15) is 0 Å². The first kappa shape index (κ1) is 22.8. The highest BCUT2D eigenvalue weighted by molar-refractivity contribution is 7.07. The lowest BCUT2D eigenvalue weighted by Gasteiger charge is -2.11. The number of hydrogen-bond acceptors (Lipinski definition) is 4. The highest BCUT2D eigenvalue weighted by Gasteiger charge is 2.14. The first-order valence-electron chi connectivity index (χ1n) is 11.6. The van der Waals surface area contributed by atoms with Gasteiger partial charge in [0.25, 0.3) is 5.69 Å². The Morgan fingerprint density at radius 1 is 1.06 bits per heavy atom. The van der Waals surface area contributed by atoms with E-state index in [9.17, 15) is 10.1 Å². The van der Waals surface area contributed by atoms with E-state index in [0.717, 1.165) is 33.7 Å². The summed E-state index contributed by atoms with van der Waals surface area (Å²) in [6.45, 7) is 5.04. The molecule has 2 heterocycles. The normalized spacial score (nSPS) is 12.0. The van der Waals surface area contributed by atoms with Crippen molar-refractivity contribution in [1.29, 1.82) is 0 Å². The Bertz CT molecular complexity index is 1580. The van der Waals surface area contributed by atoms with Gasteiger partial charge < -0.3 is 9.55 Å². The lowest BCUT2D eigenvalue weighted by atomic mass is 10.0. The van der Waals surface area contributed by atoms with Gasteiger partial charge in [-0.15, -0.1) is 11.3 Å². The summed E-state index contributed by atoms with van der Waals surface area (Å²) in [6.07, 6.45) is 2.87. The van der Waals surface area contributed by atoms with Crippen LogP contribution in [-0.4, -0.2) is 14.5 Å². The fraction of sp³-hybridized carbons (Fsp3) is 0.179. The van der Waals surface area contributed by atoms with Crippen LogP contribution < -0.4 is 4.80 Å². The van der Waals surface area contributed by atoms with Crippen LogP contribution in [0, 0.1) is 10.1 Å². The van der Waals surface area contributed by atoms with E-state index in [2.05, 4.69) is 53.9 Å². The average molecular weight is 483 g/mol. The SMILES string of the molecule is CC(C)c1ccccc1N=c1scc(-c2cccc([N+](=O)[O-])c2)n1CCc1c[nH]c2ccccc12. The first-order chi connectivity index (χ1) is 17.0. The van der Waals surface area contributed by atoms with Crippen molar-refractivity contribution in [1.82, 2.24) is 9.55 Å². The number of non-ortho nitro benzene ring substituents is 1. The Hall–Kier alpha value is -3.97. The molecule has 0 aliphatic carbocycles. The van der Waals surface area contributed by atoms with Crippen molar-refractivity contribution >= 4 is 33.6 Å². The molecule has 5 aromatic rings. The molecule has 176 valence electrons. The van der Waals surface area contributed by atoms with E-state index in [1.54, 1.807) is 23.5 Å². The summed E-state index contributed by atoms with van der Waals surface area (Å²) in [5.74, 6) is 0.353. The lowest BCUT2D eigenvalue weighted by molar-refractivity contribution is -0.384. The molecule has 0 saturated heterocycles. The zero-order chi connectivity index (χ0) is 24.4. The van der Waals surface area contributed by atoms with Crippen LogP contribution in [0.5, 0.6) is 0 Å². The third-order valence-electron chi connectivity index (χ3n) is 6.20. The summed E-state index contributed by atoms with van der Waals surface area (Å²) < 4.78 is 2.18. The molecule has 5 rings (SSSR count). The number of H-pyrrole nitrogens is 1. The number of aryl methyl sites for hydroxylation is 1. The quantitative estimate of drug-likeness (QED) is 0.197. The number of benzene rings is 3. The summed E-state index contributed by atoms with van der Waals surface area (Å²) in [7, 11) is 0. The number of nitrogens with one attached hydrogen (secondary N) is 1. The molecule has 3 aromatic carbocycles. The zero-order valence-electron chi connectivity index (χ0n) is 19.6. The minimum atomic E-state index is -0.351. The lowest BCUT2D eigenvalue weighted by Crippen LogP contribution is -2.17. The van der Waals surface area contributed by atoms with Gasteiger partial charge >= 0.3 is 0 Å². The number of hydrogen-bond donors (Lipinski definition) is 1. The van der Waals surface area contributed by atoms with Crippen LogP contribution in [0.2, 0.25) is 0 Å². The Morgan fingerprint density at radius 3 is 2.69 bits per heavy atom.